The second-order valence-corrected chi connectivity index (χ2v) is 6.06. The number of amides is 1. The Hall–Kier alpha value is -1.35. The Morgan fingerprint density at radius 1 is 1.20 bits per heavy atom. The van der Waals surface area contributed by atoms with Gasteiger partial charge in [0, 0.05) is 19.1 Å². The zero-order valence-corrected chi connectivity index (χ0v) is 12.1. The number of nitrogens with one attached hydrogen (secondary N) is 1. The molecular formula is C17H24N2O. The van der Waals surface area contributed by atoms with Crippen molar-refractivity contribution in [2.45, 2.75) is 38.1 Å². The van der Waals surface area contributed by atoms with E-state index in [4.69, 9.17) is 0 Å². The first kappa shape index (κ1) is 13.6. The monoisotopic (exact) mass is 272 g/mol. The van der Waals surface area contributed by atoms with Crippen molar-refractivity contribution in [2.75, 3.05) is 19.6 Å². The fourth-order valence-electron chi connectivity index (χ4n) is 3.52. The highest BCUT2D eigenvalue weighted by molar-refractivity contribution is 5.79. The molecule has 0 aromatic heterocycles. The topological polar surface area (TPSA) is 32.3 Å². The second-order valence-electron chi connectivity index (χ2n) is 6.06. The van der Waals surface area contributed by atoms with Gasteiger partial charge in [-0.05, 0) is 44.2 Å². The van der Waals surface area contributed by atoms with Crippen molar-refractivity contribution in [3.05, 3.63) is 35.9 Å². The molecule has 2 saturated heterocycles. The summed E-state index contributed by atoms with van der Waals surface area (Å²) in [5.41, 5.74) is 1.35. The van der Waals surface area contributed by atoms with Crippen molar-refractivity contribution in [3.63, 3.8) is 0 Å². The van der Waals surface area contributed by atoms with Crippen LogP contribution >= 0.6 is 0 Å². The third-order valence-corrected chi connectivity index (χ3v) is 4.62. The molecule has 2 aliphatic heterocycles. The summed E-state index contributed by atoms with van der Waals surface area (Å²) >= 11 is 0. The van der Waals surface area contributed by atoms with Gasteiger partial charge in [0.1, 0.15) is 0 Å². The Morgan fingerprint density at radius 2 is 2.05 bits per heavy atom. The maximum Gasteiger partial charge on any atom is 0.227 e. The van der Waals surface area contributed by atoms with Gasteiger partial charge in [-0.2, -0.15) is 0 Å². The molecule has 3 heteroatoms. The summed E-state index contributed by atoms with van der Waals surface area (Å²) in [4.78, 5) is 14.8. The zero-order chi connectivity index (χ0) is 13.8. The molecule has 0 bridgehead atoms. The van der Waals surface area contributed by atoms with Gasteiger partial charge in [-0.1, -0.05) is 30.3 Å². The van der Waals surface area contributed by atoms with Gasteiger partial charge in [-0.15, -0.1) is 0 Å². The fraction of sp³-hybridized carbons (Fsp3) is 0.588. The molecule has 0 aliphatic carbocycles. The van der Waals surface area contributed by atoms with Gasteiger partial charge in [0.25, 0.3) is 0 Å². The molecule has 2 heterocycles. The Labute approximate surface area is 121 Å². The van der Waals surface area contributed by atoms with E-state index in [1.54, 1.807) is 0 Å². The minimum absolute atomic E-state index is 0.208. The molecule has 1 unspecified atom stereocenters. The van der Waals surface area contributed by atoms with Crippen LogP contribution in [-0.2, 0) is 11.2 Å². The highest BCUT2D eigenvalue weighted by atomic mass is 16.2. The van der Waals surface area contributed by atoms with Gasteiger partial charge in [0.2, 0.25) is 5.91 Å². The largest absolute Gasteiger partial charge is 0.339 e. The van der Waals surface area contributed by atoms with Crippen molar-refractivity contribution in [1.82, 2.24) is 10.2 Å². The fourth-order valence-corrected chi connectivity index (χ4v) is 3.52. The smallest absolute Gasteiger partial charge is 0.227 e. The van der Waals surface area contributed by atoms with E-state index in [-0.39, 0.29) is 5.92 Å². The van der Waals surface area contributed by atoms with E-state index in [1.165, 1.54) is 5.56 Å². The number of hydrogen-bond donors (Lipinski definition) is 1. The lowest BCUT2D eigenvalue weighted by Crippen LogP contribution is -2.45. The number of benzene rings is 1. The number of hydrogen-bond acceptors (Lipinski definition) is 2. The summed E-state index contributed by atoms with van der Waals surface area (Å²) in [7, 11) is 0. The number of rotatable bonds is 3. The van der Waals surface area contributed by atoms with E-state index in [1.807, 2.05) is 0 Å². The Kier molecular flexibility index (Phi) is 4.36. The van der Waals surface area contributed by atoms with Gasteiger partial charge in [0.15, 0.2) is 0 Å². The molecule has 1 aromatic carbocycles. The minimum Gasteiger partial charge on any atom is -0.339 e. The Bertz CT molecular complexity index is 440. The van der Waals surface area contributed by atoms with Crippen LogP contribution in [0.4, 0.5) is 0 Å². The summed E-state index contributed by atoms with van der Waals surface area (Å²) < 4.78 is 0. The van der Waals surface area contributed by atoms with E-state index in [0.29, 0.717) is 11.9 Å². The molecule has 2 aliphatic rings. The van der Waals surface area contributed by atoms with Crippen LogP contribution in [0.25, 0.3) is 0 Å². The molecule has 3 rings (SSSR count). The van der Waals surface area contributed by atoms with E-state index in [9.17, 15) is 4.79 Å². The number of carbonyl (C=O) groups excluding carboxylic acids is 1. The van der Waals surface area contributed by atoms with Crippen LogP contribution < -0.4 is 5.32 Å². The van der Waals surface area contributed by atoms with Crippen LogP contribution in [-0.4, -0.2) is 36.5 Å². The van der Waals surface area contributed by atoms with Crippen LogP contribution in [0.2, 0.25) is 0 Å². The Balaban J connectivity index is 1.64. The summed E-state index contributed by atoms with van der Waals surface area (Å²) in [5.74, 6) is 0.593. The van der Waals surface area contributed by atoms with Crippen molar-refractivity contribution >= 4 is 5.91 Å². The van der Waals surface area contributed by atoms with Crippen molar-refractivity contribution in [2.24, 2.45) is 5.92 Å². The first-order chi connectivity index (χ1) is 9.84. The molecule has 3 nitrogen and oxygen atoms in total. The third kappa shape index (κ3) is 3.04. The summed E-state index contributed by atoms with van der Waals surface area (Å²) in [5, 5.41) is 3.36. The molecule has 2 fully saturated rings. The first-order valence-electron chi connectivity index (χ1n) is 7.90. The average Bonchev–Trinajstić information content (AvgIpc) is 2.96. The molecule has 1 aromatic rings. The molecule has 2 atom stereocenters. The van der Waals surface area contributed by atoms with Crippen LogP contribution in [0.3, 0.4) is 0 Å². The van der Waals surface area contributed by atoms with Crippen LogP contribution in [0.5, 0.6) is 0 Å². The number of likely N-dealkylation sites (tertiary alicyclic amines) is 1. The van der Waals surface area contributed by atoms with E-state index in [2.05, 4.69) is 40.5 Å². The van der Waals surface area contributed by atoms with Gasteiger partial charge < -0.3 is 10.2 Å². The highest BCUT2D eigenvalue weighted by Crippen LogP contribution is 2.25. The van der Waals surface area contributed by atoms with E-state index >= 15 is 0 Å². The lowest BCUT2D eigenvalue weighted by molar-refractivity contribution is -0.136. The lowest BCUT2D eigenvalue weighted by atomic mass is 9.97. The highest BCUT2D eigenvalue weighted by Gasteiger charge is 2.33. The summed E-state index contributed by atoms with van der Waals surface area (Å²) in [6, 6.07) is 11.0. The quantitative estimate of drug-likeness (QED) is 0.915. The molecular weight excluding hydrogens is 248 g/mol. The molecule has 0 radical (unpaired) electrons. The predicted octanol–water partition coefficient (Wildman–Crippen LogP) is 2.22. The van der Waals surface area contributed by atoms with E-state index in [0.717, 1.165) is 51.7 Å². The predicted molar refractivity (Wildman–Crippen MR) is 80.5 cm³/mol. The number of nitrogens with zero attached hydrogens (tertiary/aromatic N) is 1. The van der Waals surface area contributed by atoms with Crippen LogP contribution in [0.1, 0.15) is 31.2 Å². The van der Waals surface area contributed by atoms with Gasteiger partial charge in [-0.3, -0.25) is 4.79 Å². The standard InChI is InChI=1S/C17H24N2O/c20-17(15-8-4-10-18-13-15)19-11-5-9-16(19)12-14-6-2-1-3-7-14/h1-3,6-7,15-16,18H,4-5,8-13H2/t15-,16?/m1/s1. The number of carbonyl (C=O) groups is 1. The van der Waals surface area contributed by atoms with Gasteiger partial charge >= 0.3 is 0 Å². The molecule has 1 amide bonds. The Morgan fingerprint density at radius 3 is 2.80 bits per heavy atom. The van der Waals surface area contributed by atoms with Gasteiger partial charge in [-0.25, -0.2) is 0 Å². The maximum atomic E-state index is 12.7. The minimum atomic E-state index is 0.208. The molecule has 0 saturated carbocycles. The van der Waals surface area contributed by atoms with Crippen molar-refractivity contribution in [1.29, 1.82) is 0 Å². The first-order valence-corrected chi connectivity index (χ1v) is 7.90. The normalized spacial score (nSPS) is 26.7. The maximum absolute atomic E-state index is 12.7. The molecule has 0 spiro atoms. The molecule has 108 valence electrons. The van der Waals surface area contributed by atoms with Crippen molar-refractivity contribution in [3.8, 4) is 0 Å². The average molecular weight is 272 g/mol. The van der Waals surface area contributed by atoms with Crippen molar-refractivity contribution < 1.29 is 4.79 Å². The van der Waals surface area contributed by atoms with Gasteiger partial charge in [0.05, 0.1) is 5.92 Å². The lowest BCUT2D eigenvalue weighted by Gasteiger charge is -2.31. The summed E-state index contributed by atoms with van der Waals surface area (Å²) in [6.07, 6.45) is 5.50. The molecule has 20 heavy (non-hydrogen) atoms. The summed E-state index contributed by atoms with van der Waals surface area (Å²) in [6.45, 7) is 2.89. The second kappa shape index (κ2) is 6.40. The third-order valence-electron chi connectivity index (χ3n) is 4.62. The zero-order valence-electron chi connectivity index (χ0n) is 12.1. The number of piperidine rings is 1. The SMILES string of the molecule is O=C([C@@H]1CCCNC1)N1CCCC1Cc1ccccc1. The molecule has 1 N–H and O–H groups in total. The van der Waals surface area contributed by atoms with E-state index < -0.39 is 0 Å². The van der Waals surface area contributed by atoms with Crippen LogP contribution in [0, 0.1) is 5.92 Å². The van der Waals surface area contributed by atoms with Crippen LogP contribution in [0.15, 0.2) is 30.3 Å².